The molecule has 2 saturated heterocycles. The van der Waals surface area contributed by atoms with Crippen molar-refractivity contribution in [1.82, 2.24) is 14.7 Å². The first kappa shape index (κ1) is 36.8. The van der Waals surface area contributed by atoms with Gasteiger partial charge in [-0.15, -0.1) is 24.8 Å². The molecule has 4 rings (SSSR count). The van der Waals surface area contributed by atoms with Gasteiger partial charge in [0.05, 0.1) is 11.1 Å². The van der Waals surface area contributed by atoms with Gasteiger partial charge in [0, 0.05) is 70.3 Å². The first-order chi connectivity index (χ1) is 19.0. The van der Waals surface area contributed by atoms with Crippen molar-refractivity contribution >= 4 is 30.7 Å². The monoisotopic (exact) mass is 665 g/mol. The van der Waals surface area contributed by atoms with Crippen molar-refractivity contribution in [3.63, 3.8) is 0 Å². The summed E-state index contributed by atoms with van der Waals surface area (Å²) in [5.41, 5.74) is -2.60. The number of phenols is 1. The summed E-state index contributed by atoms with van der Waals surface area (Å²) in [6.07, 6.45) is -10.5. The van der Waals surface area contributed by atoms with Crippen molar-refractivity contribution in [2.75, 3.05) is 45.8 Å². The molecule has 5 nitrogen and oxygen atoms in total. The maximum absolute atomic E-state index is 13.5. The molecule has 1 unspecified atom stereocenters. The van der Waals surface area contributed by atoms with E-state index >= 15 is 0 Å². The molecule has 2 aliphatic heterocycles. The van der Waals surface area contributed by atoms with Crippen LogP contribution >= 0.6 is 24.8 Å². The molecule has 2 heterocycles. The number of amides is 1. The van der Waals surface area contributed by atoms with Gasteiger partial charge >= 0.3 is 12.4 Å². The lowest BCUT2D eigenvalue weighted by Crippen LogP contribution is -2.57. The summed E-state index contributed by atoms with van der Waals surface area (Å²) in [7, 11) is 0. The third kappa shape index (κ3) is 9.57. The lowest BCUT2D eigenvalue weighted by atomic mass is 9.98. The predicted molar refractivity (Wildman–Crippen MR) is 149 cm³/mol. The van der Waals surface area contributed by atoms with Gasteiger partial charge in [0.2, 0.25) is 0 Å². The highest BCUT2D eigenvalue weighted by Gasteiger charge is 2.39. The van der Waals surface area contributed by atoms with Crippen LogP contribution in [0.3, 0.4) is 0 Å². The Bertz CT molecular complexity index is 1220. The van der Waals surface area contributed by atoms with Crippen molar-refractivity contribution in [2.24, 2.45) is 0 Å². The molecule has 2 aromatic rings. The zero-order valence-electron chi connectivity index (χ0n) is 23.1. The molecule has 0 saturated carbocycles. The highest BCUT2D eigenvalue weighted by atomic mass is 35.5. The standard InChI is InChI=1S/C28H31F8N3O2.2ClH/c1-18-2-3-19(13-24(18)40)12-23-17-38(9-8-37-6-4-26(29,30)5-7-37)10-11-39(23)25(41)20-14-21(27(31,32)33)16-22(15-20)28(34,35)36;;/h2-3,13-16,23,40H,4-12,17H2,1H3;2*1H. The van der Waals surface area contributed by atoms with Crippen molar-refractivity contribution in [3.05, 3.63) is 64.2 Å². The van der Waals surface area contributed by atoms with E-state index in [0.29, 0.717) is 42.9 Å². The molecule has 0 aliphatic carbocycles. The zero-order valence-corrected chi connectivity index (χ0v) is 24.8. The Morgan fingerprint density at radius 3 is 1.95 bits per heavy atom. The molecule has 0 radical (unpaired) electrons. The Kier molecular flexibility index (Phi) is 12.1. The van der Waals surface area contributed by atoms with Gasteiger partial charge < -0.3 is 14.9 Å². The largest absolute Gasteiger partial charge is 0.508 e. The summed E-state index contributed by atoms with van der Waals surface area (Å²) in [5, 5.41) is 10.2. The van der Waals surface area contributed by atoms with E-state index in [9.17, 15) is 45.0 Å². The number of likely N-dealkylation sites (tertiary alicyclic amines) is 1. The van der Waals surface area contributed by atoms with Crippen molar-refractivity contribution in [2.45, 2.75) is 50.5 Å². The minimum atomic E-state index is -5.09. The van der Waals surface area contributed by atoms with Crippen molar-refractivity contribution in [1.29, 1.82) is 0 Å². The number of aromatic hydroxyl groups is 1. The highest BCUT2D eigenvalue weighted by molar-refractivity contribution is 5.95. The van der Waals surface area contributed by atoms with Crippen molar-refractivity contribution < 1.29 is 45.0 Å². The van der Waals surface area contributed by atoms with E-state index in [-0.39, 0.29) is 82.1 Å². The number of halogens is 10. The second-order valence-corrected chi connectivity index (χ2v) is 10.8. The Labute approximate surface area is 256 Å². The van der Waals surface area contributed by atoms with Crippen LogP contribution in [0.5, 0.6) is 5.75 Å². The highest BCUT2D eigenvalue weighted by Crippen LogP contribution is 2.37. The maximum Gasteiger partial charge on any atom is 0.416 e. The maximum atomic E-state index is 13.5. The van der Waals surface area contributed by atoms with Crippen LogP contribution in [0, 0.1) is 6.92 Å². The molecule has 0 aromatic heterocycles. The zero-order chi connectivity index (χ0) is 30.2. The fourth-order valence-electron chi connectivity index (χ4n) is 5.25. The molecule has 15 heteroatoms. The van der Waals surface area contributed by atoms with E-state index in [0.717, 1.165) is 0 Å². The number of rotatable bonds is 6. The molecule has 1 amide bonds. The number of benzene rings is 2. The molecule has 2 aliphatic rings. The van der Waals surface area contributed by atoms with Gasteiger partial charge in [0.15, 0.2) is 0 Å². The van der Waals surface area contributed by atoms with Gasteiger partial charge in [-0.25, -0.2) is 8.78 Å². The van der Waals surface area contributed by atoms with Crippen LogP contribution in [0.4, 0.5) is 35.1 Å². The van der Waals surface area contributed by atoms with Gasteiger partial charge in [-0.2, -0.15) is 26.3 Å². The van der Waals surface area contributed by atoms with Gasteiger partial charge in [-0.05, 0) is 48.7 Å². The Hall–Kier alpha value is -2.35. The third-order valence-electron chi connectivity index (χ3n) is 7.73. The number of carbonyl (C=O) groups excluding carboxylic acids is 1. The van der Waals surface area contributed by atoms with Gasteiger partial charge in [0.25, 0.3) is 11.8 Å². The molecular formula is C28H33Cl2F8N3O2. The number of aryl methyl sites for hydroxylation is 1. The number of piperidine rings is 1. The number of carbonyl (C=O) groups is 1. The quantitative estimate of drug-likeness (QED) is 0.350. The van der Waals surface area contributed by atoms with Crippen LogP contribution < -0.4 is 0 Å². The summed E-state index contributed by atoms with van der Waals surface area (Å²) < 4.78 is 108. The smallest absolute Gasteiger partial charge is 0.416 e. The summed E-state index contributed by atoms with van der Waals surface area (Å²) in [6.45, 7) is 3.78. The lowest BCUT2D eigenvalue weighted by Gasteiger charge is -2.42. The minimum Gasteiger partial charge on any atom is -0.508 e. The van der Waals surface area contributed by atoms with Gasteiger partial charge in [-0.3, -0.25) is 9.69 Å². The Morgan fingerprint density at radius 1 is 0.860 bits per heavy atom. The number of nitrogens with zero attached hydrogens (tertiary/aromatic N) is 3. The van der Waals surface area contributed by atoms with Crippen LogP contribution in [0.25, 0.3) is 0 Å². The number of piperazine rings is 1. The number of phenolic OH excluding ortho intramolecular Hbond substituents is 1. The number of hydrogen-bond donors (Lipinski definition) is 1. The molecule has 1 N–H and O–H groups in total. The average Bonchev–Trinajstić information content (AvgIpc) is 2.88. The normalized spacial score (nSPS) is 19.8. The van der Waals surface area contributed by atoms with E-state index in [2.05, 4.69) is 0 Å². The fraction of sp³-hybridized carbons (Fsp3) is 0.536. The Balaban J connectivity index is 0.00000323. The first-order valence-corrected chi connectivity index (χ1v) is 13.2. The summed E-state index contributed by atoms with van der Waals surface area (Å²) in [5.74, 6) is -3.62. The molecule has 2 fully saturated rings. The molecule has 2 aromatic carbocycles. The predicted octanol–water partition coefficient (Wildman–Crippen LogP) is 6.68. The minimum absolute atomic E-state index is 0. The first-order valence-electron chi connectivity index (χ1n) is 13.2. The van der Waals surface area contributed by atoms with Crippen LogP contribution in [0.1, 0.15) is 45.5 Å². The van der Waals surface area contributed by atoms with Crippen LogP contribution in [0.2, 0.25) is 0 Å². The fourth-order valence-corrected chi connectivity index (χ4v) is 5.25. The topological polar surface area (TPSA) is 47.0 Å². The van der Waals surface area contributed by atoms with E-state index in [4.69, 9.17) is 0 Å². The molecule has 0 bridgehead atoms. The molecule has 0 spiro atoms. The SMILES string of the molecule is Cc1ccc(CC2CN(CCN3CCC(F)(F)CC3)CCN2C(=O)c2cc(C(F)(F)F)cc(C(F)(F)F)c2)cc1O.Cl.Cl. The Morgan fingerprint density at radius 2 is 1.42 bits per heavy atom. The summed E-state index contributed by atoms with van der Waals surface area (Å²) >= 11 is 0. The summed E-state index contributed by atoms with van der Waals surface area (Å²) in [4.78, 5) is 18.7. The number of hydrogen-bond acceptors (Lipinski definition) is 4. The molecular weight excluding hydrogens is 633 g/mol. The average molecular weight is 666 g/mol. The van der Waals surface area contributed by atoms with Gasteiger partial charge in [-0.1, -0.05) is 12.1 Å². The lowest BCUT2D eigenvalue weighted by molar-refractivity contribution is -0.143. The molecule has 242 valence electrons. The van der Waals surface area contributed by atoms with Gasteiger partial charge in [0.1, 0.15) is 5.75 Å². The summed E-state index contributed by atoms with van der Waals surface area (Å²) in [6, 6.07) is 5.14. The molecule has 1 atom stereocenters. The van der Waals surface area contributed by atoms with E-state index in [1.54, 1.807) is 19.1 Å². The van der Waals surface area contributed by atoms with E-state index in [1.807, 2.05) is 9.80 Å². The van der Waals surface area contributed by atoms with Crippen LogP contribution in [-0.2, 0) is 18.8 Å². The third-order valence-corrected chi connectivity index (χ3v) is 7.73. The van der Waals surface area contributed by atoms with Crippen LogP contribution in [0.15, 0.2) is 36.4 Å². The van der Waals surface area contributed by atoms with E-state index in [1.165, 1.54) is 11.0 Å². The molecule has 43 heavy (non-hydrogen) atoms. The number of alkyl halides is 8. The van der Waals surface area contributed by atoms with Crippen molar-refractivity contribution in [3.8, 4) is 5.75 Å². The second kappa shape index (κ2) is 14.2. The van der Waals surface area contributed by atoms with Crippen LogP contribution in [-0.4, -0.2) is 83.5 Å². The van der Waals surface area contributed by atoms with E-state index < -0.39 is 46.9 Å². The second-order valence-electron chi connectivity index (χ2n) is 10.8.